The molecule has 0 fully saturated rings. The average Bonchev–Trinajstić information content (AvgIpc) is 3.17. The Balaban J connectivity index is 1.67. The Bertz CT molecular complexity index is 930. The van der Waals surface area contributed by atoms with E-state index in [1.54, 1.807) is 14.0 Å². The van der Waals surface area contributed by atoms with Crippen molar-refractivity contribution in [2.75, 3.05) is 11.9 Å². The van der Waals surface area contributed by atoms with E-state index in [1.807, 2.05) is 54.6 Å². The number of hydrogen-bond acceptors (Lipinski definition) is 5. The molecule has 3 aromatic rings. The van der Waals surface area contributed by atoms with Crippen LogP contribution in [-0.2, 0) is 10.2 Å². The number of ether oxygens (including phenoxy) is 1. The van der Waals surface area contributed by atoms with E-state index < -0.39 is 6.10 Å². The minimum atomic E-state index is -0.630. The fraction of sp³-hybridized carbons (Fsp3) is 0.318. The molecule has 0 N–H and O–H groups in total. The van der Waals surface area contributed by atoms with Crippen molar-refractivity contribution in [1.82, 2.24) is 10.2 Å². The minimum Gasteiger partial charge on any atom is -0.481 e. The zero-order valence-electron chi connectivity index (χ0n) is 16.8. The highest BCUT2D eigenvalue weighted by Gasteiger charge is 2.23. The van der Waals surface area contributed by atoms with E-state index in [1.165, 1.54) is 21.8 Å². The minimum absolute atomic E-state index is 0.0779. The van der Waals surface area contributed by atoms with Gasteiger partial charge in [-0.05, 0) is 30.0 Å². The van der Waals surface area contributed by atoms with Gasteiger partial charge in [-0.3, -0.25) is 9.69 Å². The molecule has 6 heteroatoms. The van der Waals surface area contributed by atoms with Crippen LogP contribution >= 0.6 is 11.3 Å². The second-order valence-electron chi connectivity index (χ2n) is 7.69. The van der Waals surface area contributed by atoms with Crippen molar-refractivity contribution in [3.8, 4) is 16.3 Å². The van der Waals surface area contributed by atoms with Gasteiger partial charge in [-0.25, -0.2) is 0 Å². The molecule has 0 saturated carbocycles. The van der Waals surface area contributed by atoms with Gasteiger partial charge in [-0.1, -0.05) is 74.6 Å². The molecule has 1 amide bonds. The van der Waals surface area contributed by atoms with Crippen LogP contribution in [-0.4, -0.2) is 29.3 Å². The smallest absolute Gasteiger partial charge is 0.269 e. The van der Waals surface area contributed by atoms with Crippen molar-refractivity contribution in [3.05, 3.63) is 60.2 Å². The number of nitrogens with zero attached hydrogens (tertiary/aromatic N) is 3. The highest BCUT2D eigenvalue weighted by molar-refractivity contribution is 7.18. The van der Waals surface area contributed by atoms with Crippen LogP contribution < -0.4 is 9.64 Å². The first-order valence-electron chi connectivity index (χ1n) is 9.19. The first-order chi connectivity index (χ1) is 13.3. The van der Waals surface area contributed by atoms with E-state index in [0.29, 0.717) is 10.9 Å². The molecule has 1 atom stereocenters. The lowest BCUT2D eigenvalue weighted by Gasteiger charge is -2.21. The Labute approximate surface area is 170 Å². The summed E-state index contributed by atoms with van der Waals surface area (Å²) in [5.41, 5.74) is 2.28. The normalized spacial score (nSPS) is 12.5. The van der Waals surface area contributed by atoms with Crippen LogP contribution in [0.15, 0.2) is 54.6 Å². The summed E-state index contributed by atoms with van der Waals surface area (Å²) in [6, 6.07) is 17.7. The van der Waals surface area contributed by atoms with Crippen molar-refractivity contribution < 1.29 is 9.53 Å². The van der Waals surface area contributed by atoms with Crippen LogP contribution in [0, 0.1) is 0 Å². The third-order valence-corrected chi connectivity index (χ3v) is 5.48. The van der Waals surface area contributed by atoms with Crippen molar-refractivity contribution in [3.63, 3.8) is 0 Å². The van der Waals surface area contributed by atoms with Gasteiger partial charge in [0.25, 0.3) is 5.91 Å². The maximum atomic E-state index is 12.8. The Morgan fingerprint density at radius 2 is 1.68 bits per heavy atom. The standard InChI is InChI=1S/C22H25N3O2S/c1-15(27-18-13-11-17(12-14-18)22(2,3)4)20(26)25(5)21-24-23-19(28-21)16-9-7-6-8-10-16/h6-15H,1-5H3/t15-/m1/s1. The van der Waals surface area contributed by atoms with Gasteiger partial charge in [-0.15, -0.1) is 10.2 Å². The van der Waals surface area contributed by atoms with E-state index in [0.717, 1.165) is 10.6 Å². The van der Waals surface area contributed by atoms with Gasteiger partial charge in [0.2, 0.25) is 5.13 Å². The number of carbonyl (C=O) groups excluding carboxylic acids is 1. The Morgan fingerprint density at radius 1 is 1.04 bits per heavy atom. The van der Waals surface area contributed by atoms with Crippen LogP contribution in [0.3, 0.4) is 0 Å². The summed E-state index contributed by atoms with van der Waals surface area (Å²) in [6.45, 7) is 8.23. The Kier molecular flexibility index (Phi) is 5.79. The van der Waals surface area contributed by atoms with Crippen LogP contribution in [0.5, 0.6) is 5.75 Å². The lowest BCUT2D eigenvalue weighted by Crippen LogP contribution is -2.38. The zero-order chi connectivity index (χ0) is 20.3. The molecule has 28 heavy (non-hydrogen) atoms. The highest BCUT2D eigenvalue weighted by atomic mass is 32.1. The van der Waals surface area contributed by atoms with Gasteiger partial charge in [0, 0.05) is 12.6 Å². The molecule has 0 bridgehead atoms. The first-order valence-corrected chi connectivity index (χ1v) is 10.0. The number of rotatable bonds is 5. The molecule has 2 aromatic carbocycles. The van der Waals surface area contributed by atoms with Gasteiger partial charge < -0.3 is 4.74 Å². The van der Waals surface area contributed by atoms with Crippen molar-refractivity contribution >= 4 is 22.4 Å². The van der Waals surface area contributed by atoms with Crippen LogP contribution in [0.2, 0.25) is 0 Å². The van der Waals surface area contributed by atoms with Crippen LogP contribution in [0.25, 0.3) is 10.6 Å². The summed E-state index contributed by atoms with van der Waals surface area (Å²) in [4.78, 5) is 14.3. The van der Waals surface area contributed by atoms with Crippen molar-refractivity contribution in [2.24, 2.45) is 0 Å². The molecule has 0 aliphatic heterocycles. The monoisotopic (exact) mass is 395 g/mol. The average molecular weight is 396 g/mol. The predicted octanol–water partition coefficient (Wildman–Crippen LogP) is 4.93. The number of hydrogen-bond donors (Lipinski definition) is 0. The van der Waals surface area contributed by atoms with E-state index >= 15 is 0 Å². The number of carbonyl (C=O) groups is 1. The molecule has 1 aromatic heterocycles. The molecule has 3 rings (SSSR count). The topological polar surface area (TPSA) is 55.3 Å². The summed E-state index contributed by atoms with van der Waals surface area (Å²) in [6.07, 6.45) is -0.630. The summed E-state index contributed by atoms with van der Waals surface area (Å²) in [5, 5.41) is 9.68. The molecule has 146 valence electrons. The summed E-state index contributed by atoms with van der Waals surface area (Å²) in [5.74, 6) is 0.500. The largest absolute Gasteiger partial charge is 0.481 e. The number of likely N-dealkylation sites (N-methyl/N-ethyl adjacent to an activating group) is 1. The fourth-order valence-electron chi connectivity index (χ4n) is 2.70. The van der Waals surface area contributed by atoms with E-state index in [4.69, 9.17) is 4.74 Å². The van der Waals surface area contributed by atoms with Crippen LogP contribution in [0.1, 0.15) is 33.3 Å². The molecule has 1 heterocycles. The summed E-state index contributed by atoms with van der Waals surface area (Å²) < 4.78 is 5.84. The number of benzene rings is 2. The van der Waals surface area contributed by atoms with E-state index in [-0.39, 0.29) is 11.3 Å². The molecule has 0 aliphatic rings. The quantitative estimate of drug-likeness (QED) is 0.614. The Morgan fingerprint density at radius 3 is 2.29 bits per heavy atom. The summed E-state index contributed by atoms with van der Waals surface area (Å²) in [7, 11) is 1.69. The van der Waals surface area contributed by atoms with Crippen molar-refractivity contribution in [1.29, 1.82) is 0 Å². The third kappa shape index (κ3) is 4.57. The molecule has 5 nitrogen and oxygen atoms in total. The maximum Gasteiger partial charge on any atom is 0.269 e. The lowest BCUT2D eigenvalue weighted by atomic mass is 9.87. The van der Waals surface area contributed by atoms with Crippen LogP contribution in [0.4, 0.5) is 5.13 Å². The second kappa shape index (κ2) is 8.10. The zero-order valence-corrected chi connectivity index (χ0v) is 17.7. The second-order valence-corrected chi connectivity index (χ2v) is 8.64. The van der Waals surface area contributed by atoms with E-state index in [2.05, 4.69) is 31.0 Å². The molecule has 0 radical (unpaired) electrons. The van der Waals surface area contributed by atoms with Gasteiger partial charge in [0.1, 0.15) is 10.8 Å². The number of anilines is 1. The SMILES string of the molecule is C[C@@H](Oc1ccc(C(C)(C)C)cc1)C(=O)N(C)c1nnc(-c2ccccc2)s1. The van der Waals surface area contributed by atoms with E-state index in [9.17, 15) is 4.79 Å². The third-order valence-electron chi connectivity index (χ3n) is 4.43. The molecule has 0 spiro atoms. The molecular weight excluding hydrogens is 370 g/mol. The Hall–Kier alpha value is -2.73. The lowest BCUT2D eigenvalue weighted by molar-refractivity contribution is -0.124. The predicted molar refractivity (Wildman–Crippen MR) is 114 cm³/mol. The van der Waals surface area contributed by atoms with Gasteiger partial charge in [0.05, 0.1) is 0 Å². The summed E-state index contributed by atoms with van der Waals surface area (Å²) >= 11 is 1.38. The molecule has 0 aliphatic carbocycles. The highest BCUT2D eigenvalue weighted by Crippen LogP contribution is 2.29. The van der Waals surface area contributed by atoms with Gasteiger partial charge in [0.15, 0.2) is 6.10 Å². The maximum absolute atomic E-state index is 12.8. The van der Waals surface area contributed by atoms with Gasteiger partial charge in [-0.2, -0.15) is 0 Å². The van der Waals surface area contributed by atoms with Crippen molar-refractivity contribution in [2.45, 2.75) is 39.2 Å². The number of amides is 1. The number of aromatic nitrogens is 2. The molecule has 0 unspecified atom stereocenters. The molecule has 0 saturated heterocycles. The molecular formula is C22H25N3O2S. The first kappa shape index (κ1) is 20.0. The van der Waals surface area contributed by atoms with Gasteiger partial charge >= 0.3 is 0 Å². The fourth-order valence-corrected chi connectivity index (χ4v) is 3.52.